The fourth-order valence-corrected chi connectivity index (χ4v) is 11.8. The number of aryl methyl sites for hydroxylation is 3. The first-order valence-electron chi connectivity index (χ1n) is 10.8. The van der Waals surface area contributed by atoms with E-state index in [4.69, 9.17) is 0 Å². The zero-order chi connectivity index (χ0) is 21.3. The van der Waals surface area contributed by atoms with Gasteiger partial charge in [0.05, 0.1) is 0 Å². The molecule has 0 bridgehead atoms. The summed E-state index contributed by atoms with van der Waals surface area (Å²) in [5.74, 6) is 0. The largest absolute Gasteiger partial charge is 0.147 e. The maximum absolute atomic E-state index is 2.48. The Balaban J connectivity index is 0.00000181. The van der Waals surface area contributed by atoms with Crippen LogP contribution in [-0.4, -0.2) is 8.07 Å². The minimum absolute atomic E-state index is 0. The molecule has 0 aromatic heterocycles. The number of rotatable bonds is 5. The van der Waals surface area contributed by atoms with Gasteiger partial charge < -0.3 is 0 Å². The van der Waals surface area contributed by atoms with Crippen molar-refractivity contribution in [1.82, 2.24) is 0 Å². The Morgan fingerprint density at radius 2 is 1.09 bits per heavy atom. The molecular formula is C28H32Cl3SiTi. The van der Waals surface area contributed by atoms with E-state index in [9.17, 15) is 0 Å². The van der Waals surface area contributed by atoms with Crippen LogP contribution >= 0.6 is 37.2 Å². The van der Waals surface area contributed by atoms with Crippen molar-refractivity contribution in [2.24, 2.45) is 0 Å². The minimum atomic E-state index is -2.42. The van der Waals surface area contributed by atoms with Gasteiger partial charge in [-0.15, -0.1) is 37.2 Å². The second-order valence-electron chi connectivity index (χ2n) is 8.50. The van der Waals surface area contributed by atoms with Crippen LogP contribution in [0.5, 0.6) is 0 Å². The second-order valence-corrected chi connectivity index (χ2v) is 13.2. The van der Waals surface area contributed by atoms with Crippen molar-refractivity contribution < 1.29 is 20.4 Å². The van der Waals surface area contributed by atoms with E-state index in [-0.39, 0.29) is 37.2 Å². The van der Waals surface area contributed by atoms with Crippen LogP contribution in [0, 0.1) is 20.8 Å². The average Bonchev–Trinajstić information content (AvgIpc) is 3.10. The van der Waals surface area contributed by atoms with Crippen LogP contribution < -0.4 is 15.6 Å². The third-order valence-electron chi connectivity index (χ3n) is 6.28. The topological polar surface area (TPSA) is 0 Å². The van der Waals surface area contributed by atoms with Gasteiger partial charge in [0.2, 0.25) is 0 Å². The zero-order valence-electron chi connectivity index (χ0n) is 19.6. The molecule has 0 radical (unpaired) electrons. The first kappa shape index (κ1) is 30.0. The van der Waals surface area contributed by atoms with Crippen molar-refractivity contribution in [2.45, 2.75) is 40.5 Å². The van der Waals surface area contributed by atoms with Crippen molar-refractivity contribution in [1.29, 1.82) is 0 Å². The Kier molecular flexibility index (Phi) is 11.4. The normalized spacial score (nSPS) is 12.9. The van der Waals surface area contributed by atoms with E-state index >= 15 is 0 Å². The van der Waals surface area contributed by atoms with E-state index in [0.717, 1.165) is 12.8 Å². The van der Waals surface area contributed by atoms with Crippen LogP contribution in [-0.2, 0) is 20.4 Å². The van der Waals surface area contributed by atoms with E-state index in [1.807, 2.05) is 0 Å². The zero-order valence-corrected chi connectivity index (χ0v) is 24.7. The van der Waals surface area contributed by atoms with Crippen LogP contribution in [0.15, 0.2) is 93.5 Å². The first-order chi connectivity index (χ1) is 14.5. The molecule has 0 unspecified atom stereocenters. The van der Waals surface area contributed by atoms with Gasteiger partial charge in [0.25, 0.3) is 0 Å². The molecule has 4 rings (SSSR count). The van der Waals surface area contributed by atoms with Gasteiger partial charge in [0, 0.05) is 0 Å². The van der Waals surface area contributed by atoms with Crippen molar-refractivity contribution in [2.75, 3.05) is 0 Å². The van der Waals surface area contributed by atoms with Gasteiger partial charge >= 0.3 is 195 Å². The molecule has 0 aliphatic heterocycles. The number of halogens is 3. The SMILES string of the molecule is CCC1=CC[C]([Ti])=C1[Si](c1cccc(C)c1)(c1cccc(C)c1)c1cccc(C)c1.Cl.Cl.Cl. The van der Waals surface area contributed by atoms with Gasteiger partial charge in [-0.1, -0.05) is 0 Å². The summed E-state index contributed by atoms with van der Waals surface area (Å²) in [5, 5.41) is 6.12. The number of allylic oxidation sites excluding steroid dienone is 4. The first-order valence-corrected chi connectivity index (χ1v) is 13.6. The molecule has 0 nitrogen and oxygen atoms in total. The van der Waals surface area contributed by atoms with Crippen LogP contribution in [0.25, 0.3) is 0 Å². The van der Waals surface area contributed by atoms with Crippen molar-refractivity contribution >= 4 is 60.9 Å². The summed E-state index contributed by atoms with van der Waals surface area (Å²) in [6.45, 7) is 8.98. The molecule has 0 fully saturated rings. The van der Waals surface area contributed by atoms with Gasteiger partial charge in [0.1, 0.15) is 0 Å². The molecule has 5 heteroatoms. The molecule has 0 saturated carbocycles. The summed E-state index contributed by atoms with van der Waals surface area (Å²) >= 11 is 2.36. The summed E-state index contributed by atoms with van der Waals surface area (Å²) in [6, 6.07) is 27.9. The van der Waals surface area contributed by atoms with Crippen molar-refractivity contribution in [3.05, 3.63) is 110 Å². The van der Waals surface area contributed by atoms with E-state index in [0.29, 0.717) is 0 Å². The average molecular weight is 551 g/mol. The Morgan fingerprint density at radius 1 is 0.697 bits per heavy atom. The van der Waals surface area contributed by atoms with Crippen molar-refractivity contribution in [3.8, 4) is 0 Å². The Labute approximate surface area is 230 Å². The quantitative estimate of drug-likeness (QED) is 0.254. The summed E-state index contributed by atoms with van der Waals surface area (Å²) in [5.41, 5.74) is 5.55. The summed E-state index contributed by atoms with van der Waals surface area (Å²) in [6.07, 6.45) is 4.65. The summed E-state index contributed by atoms with van der Waals surface area (Å²) in [7, 11) is -2.42. The fraction of sp³-hybridized carbons (Fsp3) is 0.214. The molecule has 0 saturated heterocycles. The predicted molar refractivity (Wildman–Crippen MR) is 150 cm³/mol. The second kappa shape index (κ2) is 12.6. The summed E-state index contributed by atoms with van der Waals surface area (Å²) < 4.78 is 1.54. The van der Waals surface area contributed by atoms with Gasteiger partial charge in [0.15, 0.2) is 0 Å². The van der Waals surface area contributed by atoms with Crippen LogP contribution in [0.2, 0.25) is 0 Å². The number of hydrogen-bond acceptors (Lipinski definition) is 0. The Morgan fingerprint density at radius 3 is 1.42 bits per heavy atom. The maximum Gasteiger partial charge on any atom is -0.147 e. The number of hydrogen-bond donors (Lipinski definition) is 0. The van der Waals surface area contributed by atoms with E-state index in [2.05, 4.69) is 127 Å². The van der Waals surface area contributed by atoms with Gasteiger partial charge in [-0.2, -0.15) is 0 Å². The van der Waals surface area contributed by atoms with E-state index < -0.39 is 8.07 Å². The Bertz CT molecular complexity index is 1060. The number of benzene rings is 3. The van der Waals surface area contributed by atoms with Gasteiger partial charge in [-0.05, 0) is 0 Å². The molecule has 0 atom stereocenters. The molecule has 0 spiro atoms. The van der Waals surface area contributed by atoms with Crippen LogP contribution in [0.1, 0.15) is 36.5 Å². The molecule has 0 N–H and O–H groups in total. The van der Waals surface area contributed by atoms with Crippen LogP contribution in [0.4, 0.5) is 0 Å². The van der Waals surface area contributed by atoms with E-state index in [1.54, 1.807) is 14.6 Å². The predicted octanol–water partition coefficient (Wildman–Crippen LogP) is 6.43. The minimum Gasteiger partial charge on any atom is -0.147 e. The fourth-order valence-electron chi connectivity index (χ4n) is 4.98. The summed E-state index contributed by atoms with van der Waals surface area (Å²) in [4.78, 5) is 0. The standard InChI is InChI=1S/C28H29Si.3ClH.Ti/c1-5-24-13-9-17-28(24)29(25-14-6-10-21(2)18-25,26-15-7-11-22(3)19-26)27-16-8-12-23(4)20-27;;;;/h6-8,10-16,18-20H,5,9H2,1-4H3;3*1H;. The molecule has 33 heavy (non-hydrogen) atoms. The molecule has 3 aromatic rings. The van der Waals surface area contributed by atoms with Crippen molar-refractivity contribution in [3.63, 3.8) is 0 Å². The third-order valence-corrected chi connectivity index (χ3v) is 12.3. The molecular weight excluding hydrogens is 519 g/mol. The van der Waals surface area contributed by atoms with Gasteiger partial charge in [-0.25, -0.2) is 0 Å². The third kappa shape index (κ3) is 5.61. The maximum atomic E-state index is 2.48. The Hall–Kier alpha value is -1.06. The van der Waals surface area contributed by atoms with Crippen LogP contribution in [0.3, 0.4) is 0 Å². The molecule has 3 aromatic carbocycles. The van der Waals surface area contributed by atoms with E-state index in [1.165, 1.54) is 32.3 Å². The van der Waals surface area contributed by atoms with Gasteiger partial charge in [-0.3, -0.25) is 0 Å². The molecule has 173 valence electrons. The molecule has 0 heterocycles. The molecule has 0 amide bonds. The molecule has 1 aliphatic carbocycles. The molecule has 1 aliphatic rings. The monoisotopic (exact) mass is 549 g/mol. The smallest absolute Gasteiger partial charge is 0.147 e.